The maximum absolute atomic E-state index is 12.8. The predicted molar refractivity (Wildman–Crippen MR) is 87.2 cm³/mol. The van der Waals surface area contributed by atoms with E-state index in [9.17, 15) is 4.79 Å². The van der Waals surface area contributed by atoms with Gasteiger partial charge in [0.15, 0.2) is 17.2 Å². The third-order valence-corrected chi connectivity index (χ3v) is 4.47. The zero-order chi connectivity index (χ0) is 17.2. The summed E-state index contributed by atoms with van der Waals surface area (Å²) in [4.78, 5) is 12.8. The molecule has 1 aliphatic heterocycles. The zero-order valence-electron chi connectivity index (χ0n) is 13.8. The smallest absolute Gasteiger partial charge is 0.255 e. The molecular formula is C17H19N3O5. The lowest BCUT2D eigenvalue weighted by Gasteiger charge is -2.22. The highest BCUT2D eigenvalue weighted by Crippen LogP contribution is 2.38. The summed E-state index contributed by atoms with van der Waals surface area (Å²) in [6.07, 6.45) is 5.97. The molecule has 4 rings (SSSR count). The summed E-state index contributed by atoms with van der Waals surface area (Å²) >= 11 is 0. The molecule has 25 heavy (non-hydrogen) atoms. The SMILES string of the molecule is COc1cc2c(cc1C(=O)N[C@H]1CCC[C@H]1Oc1cn[nH]c1)OCO2. The Morgan fingerprint density at radius 3 is 2.92 bits per heavy atom. The van der Waals surface area contributed by atoms with Crippen LogP contribution < -0.4 is 24.3 Å². The van der Waals surface area contributed by atoms with Crippen molar-refractivity contribution in [3.63, 3.8) is 0 Å². The van der Waals surface area contributed by atoms with Gasteiger partial charge in [0.1, 0.15) is 11.9 Å². The summed E-state index contributed by atoms with van der Waals surface area (Å²) in [6.45, 7) is 0.146. The molecule has 2 N–H and O–H groups in total. The number of rotatable bonds is 5. The number of aromatic nitrogens is 2. The highest BCUT2D eigenvalue weighted by atomic mass is 16.7. The Morgan fingerprint density at radius 2 is 2.16 bits per heavy atom. The van der Waals surface area contributed by atoms with Crippen LogP contribution in [0.5, 0.6) is 23.0 Å². The van der Waals surface area contributed by atoms with Gasteiger partial charge in [0.2, 0.25) is 6.79 Å². The quantitative estimate of drug-likeness (QED) is 0.859. The van der Waals surface area contributed by atoms with E-state index in [0.717, 1.165) is 19.3 Å². The normalized spacial score (nSPS) is 21.2. The van der Waals surface area contributed by atoms with Gasteiger partial charge in [-0.05, 0) is 19.3 Å². The predicted octanol–water partition coefficient (Wildman–Crippen LogP) is 1.88. The molecule has 0 unspecified atom stereocenters. The van der Waals surface area contributed by atoms with Gasteiger partial charge in [-0.3, -0.25) is 9.89 Å². The highest BCUT2D eigenvalue weighted by molar-refractivity contribution is 5.98. The van der Waals surface area contributed by atoms with Gasteiger partial charge in [0, 0.05) is 12.1 Å². The first-order valence-electron chi connectivity index (χ1n) is 8.18. The van der Waals surface area contributed by atoms with Crippen LogP contribution in [-0.4, -0.2) is 42.2 Å². The highest BCUT2D eigenvalue weighted by Gasteiger charge is 2.32. The number of nitrogens with one attached hydrogen (secondary N) is 2. The number of carbonyl (C=O) groups excluding carboxylic acids is 1. The molecule has 8 heteroatoms. The first-order chi connectivity index (χ1) is 12.2. The van der Waals surface area contributed by atoms with E-state index in [-0.39, 0.29) is 24.8 Å². The third kappa shape index (κ3) is 3.07. The minimum Gasteiger partial charge on any atom is -0.496 e. The molecule has 2 heterocycles. The van der Waals surface area contributed by atoms with Crippen LogP contribution in [0.4, 0.5) is 0 Å². The number of benzene rings is 1. The van der Waals surface area contributed by atoms with Crippen molar-refractivity contribution in [3.05, 3.63) is 30.1 Å². The summed E-state index contributed by atoms with van der Waals surface area (Å²) in [5, 5.41) is 9.65. The molecule has 8 nitrogen and oxygen atoms in total. The molecule has 1 fully saturated rings. The minimum absolute atomic E-state index is 0.0717. The molecule has 2 atom stereocenters. The number of fused-ring (bicyclic) bond motifs is 1. The minimum atomic E-state index is -0.220. The number of carbonyl (C=O) groups is 1. The second-order valence-electron chi connectivity index (χ2n) is 6.01. The van der Waals surface area contributed by atoms with Crippen molar-refractivity contribution in [1.82, 2.24) is 15.5 Å². The summed E-state index contributed by atoms with van der Waals surface area (Å²) < 4.78 is 21.9. The van der Waals surface area contributed by atoms with Crippen LogP contribution in [0, 0.1) is 0 Å². The van der Waals surface area contributed by atoms with E-state index in [1.807, 2.05) is 0 Å². The Kier molecular flexibility index (Phi) is 4.09. The molecule has 0 spiro atoms. The van der Waals surface area contributed by atoms with Gasteiger partial charge in [-0.2, -0.15) is 5.10 Å². The van der Waals surface area contributed by atoms with Crippen molar-refractivity contribution < 1.29 is 23.7 Å². The summed E-state index contributed by atoms with van der Waals surface area (Å²) in [5.74, 6) is 2.03. The second-order valence-corrected chi connectivity index (χ2v) is 6.01. The fourth-order valence-electron chi connectivity index (χ4n) is 3.23. The average Bonchev–Trinajstić information content (AvgIpc) is 3.36. The van der Waals surface area contributed by atoms with Crippen LogP contribution >= 0.6 is 0 Å². The van der Waals surface area contributed by atoms with Gasteiger partial charge in [-0.15, -0.1) is 0 Å². The van der Waals surface area contributed by atoms with E-state index in [1.165, 1.54) is 7.11 Å². The molecule has 1 aliphatic carbocycles. The van der Waals surface area contributed by atoms with Gasteiger partial charge >= 0.3 is 0 Å². The first-order valence-corrected chi connectivity index (χ1v) is 8.18. The third-order valence-electron chi connectivity index (χ3n) is 4.47. The van der Waals surface area contributed by atoms with Crippen LogP contribution in [-0.2, 0) is 0 Å². The molecule has 132 valence electrons. The van der Waals surface area contributed by atoms with E-state index in [0.29, 0.717) is 28.6 Å². The van der Waals surface area contributed by atoms with Crippen LogP contribution in [0.15, 0.2) is 24.5 Å². The number of methoxy groups -OCH3 is 1. The van der Waals surface area contributed by atoms with Gasteiger partial charge in [0.25, 0.3) is 5.91 Å². The van der Waals surface area contributed by atoms with Crippen molar-refractivity contribution >= 4 is 5.91 Å². The lowest BCUT2D eigenvalue weighted by atomic mass is 10.1. The van der Waals surface area contributed by atoms with E-state index in [4.69, 9.17) is 18.9 Å². The fraction of sp³-hybridized carbons (Fsp3) is 0.412. The van der Waals surface area contributed by atoms with Crippen molar-refractivity contribution in [3.8, 4) is 23.0 Å². The van der Waals surface area contributed by atoms with Crippen LogP contribution in [0.2, 0.25) is 0 Å². The Morgan fingerprint density at radius 1 is 1.32 bits per heavy atom. The summed E-state index contributed by atoms with van der Waals surface area (Å²) in [7, 11) is 1.52. The average molecular weight is 345 g/mol. The molecule has 1 aromatic carbocycles. The van der Waals surface area contributed by atoms with Crippen molar-refractivity contribution in [1.29, 1.82) is 0 Å². The van der Waals surface area contributed by atoms with E-state index < -0.39 is 0 Å². The van der Waals surface area contributed by atoms with Crippen LogP contribution in [0.3, 0.4) is 0 Å². The molecule has 1 aromatic heterocycles. The van der Waals surface area contributed by atoms with Gasteiger partial charge in [0.05, 0.1) is 31.1 Å². The molecule has 1 saturated carbocycles. The standard InChI is InChI=1S/C17H19N3O5/c1-22-14-6-16-15(23-9-24-16)5-11(14)17(21)20-12-3-2-4-13(12)25-10-7-18-19-8-10/h5-8,12-13H,2-4,9H2,1H3,(H,18,19)(H,20,21)/t12-,13+/m0/s1. The lowest BCUT2D eigenvalue weighted by Crippen LogP contribution is -2.42. The molecule has 2 aliphatic rings. The van der Waals surface area contributed by atoms with Gasteiger partial charge < -0.3 is 24.3 Å². The fourth-order valence-corrected chi connectivity index (χ4v) is 3.23. The number of hydrogen-bond acceptors (Lipinski definition) is 6. The van der Waals surface area contributed by atoms with E-state index in [1.54, 1.807) is 24.5 Å². The second kappa shape index (κ2) is 6.54. The van der Waals surface area contributed by atoms with Crippen molar-refractivity contribution in [2.24, 2.45) is 0 Å². The Bertz CT molecular complexity index is 762. The van der Waals surface area contributed by atoms with Gasteiger partial charge in [-0.1, -0.05) is 0 Å². The molecule has 2 aromatic rings. The first kappa shape index (κ1) is 15.6. The topological polar surface area (TPSA) is 94.7 Å². The molecular weight excluding hydrogens is 326 g/mol. The molecule has 0 saturated heterocycles. The number of H-pyrrole nitrogens is 1. The Hall–Kier alpha value is -2.90. The number of nitrogens with zero attached hydrogens (tertiary/aromatic N) is 1. The lowest BCUT2D eigenvalue weighted by molar-refractivity contribution is 0.0890. The monoisotopic (exact) mass is 345 g/mol. The van der Waals surface area contributed by atoms with Crippen molar-refractivity contribution in [2.45, 2.75) is 31.4 Å². The Labute approximate surface area is 144 Å². The molecule has 0 bridgehead atoms. The van der Waals surface area contributed by atoms with Gasteiger partial charge in [-0.25, -0.2) is 0 Å². The van der Waals surface area contributed by atoms with E-state index >= 15 is 0 Å². The maximum atomic E-state index is 12.8. The molecule has 0 radical (unpaired) electrons. The summed E-state index contributed by atoms with van der Waals surface area (Å²) in [6, 6.07) is 3.25. The zero-order valence-corrected chi connectivity index (χ0v) is 13.8. The number of hydrogen-bond donors (Lipinski definition) is 2. The van der Waals surface area contributed by atoms with Crippen LogP contribution in [0.1, 0.15) is 29.6 Å². The van der Waals surface area contributed by atoms with Crippen LogP contribution in [0.25, 0.3) is 0 Å². The number of aromatic amines is 1. The summed E-state index contributed by atoms with van der Waals surface area (Å²) in [5.41, 5.74) is 0.417. The van der Waals surface area contributed by atoms with Crippen molar-refractivity contribution in [2.75, 3.05) is 13.9 Å². The number of amides is 1. The molecule has 1 amide bonds. The number of ether oxygens (including phenoxy) is 4. The maximum Gasteiger partial charge on any atom is 0.255 e. The van der Waals surface area contributed by atoms with E-state index in [2.05, 4.69) is 15.5 Å². The largest absolute Gasteiger partial charge is 0.496 e. The Balaban J connectivity index is 1.49.